The van der Waals surface area contributed by atoms with Crippen LogP contribution in [0.15, 0.2) is 6.07 Å². The van der Waals surface area contributed by atoms with Gasteiger partial charge in [-0.05, 0) is 61.8 Å². The van der Waals surface area contributed by atoms with Crippen molar-refractivity contribution in [1.82, 2.24) is 0 Å². The molecule has 2 heteroatoms. The van der Waals surface area contributed by atoms with Crippen LogP contribution in [-0.4, -0.2) is 13.1 Å². The highest BCUT2D eigenvalue weighted by Crippen LogP contribution is 2.29. The number of carbonyl (C=O) groups is 1. The van der Waals surface area contributed by atoms with Crippen LogP contribution in [0.1, 0.15) is 45.5 Å². The van der Waals surface area contributed by atoms with E-state index in [1.165, 1.54) is 31.1 Å². The van der Waals surface area contributed by atoms with E-state index in [9.17, 15) is 4.79 Å². The topological polar surface area (TPSA) is 26.3 Å². The predicted molar refractivity (Wildman–Crippen MR) is 63.9 cm³/mol. The summed E-state index contributed by atoms with van der Waals surface area (Å²) in [6.07, 6.45) is 4.75. The molecule has 86 valence electrons. The van der Waals surface area contributed by atoms with Crippen LogP contribution in [-0.2, 0) is 17.6 Å². The van der Waals surface area contributed by atoms with Crippen molar-refractivity contribution in [3.8, 4) is 0 Å². The van der Waals surface area contributed by atoms with Gasteiger partial charge in [0.25, 0.3) is 0 Å². The molecule has 0 unspecified atom stereocenters. The molecule has 1 aromatic carbocycles. The Morgan fingerprint density at radius 2 is 1.94 bits per heavy atom. The minimum absolute atomic E-state index is 0.205. The van der Waals surface area contributed by atoms with Gasteiger partial charge in [-0.15, -0.1) is 0 Å². The fraction of sp³-hybridized carbons (Fsp3) is 0.500. The average Bonchev–Trinajstić information content (AvgIpc) is 2.28. The molecule has 16 heavy (non-hydrogen) atoms. The van der Waals surface area contributed by atoms with Gasteiger partial charge in [0.05, 0.1) is 12.7 Å². The zero-order valence-corrected chi connectivity index (χ0v) is 10.2. The van der Waals surface area contributed by atoms with Crippen molar-refractivity contribution in [3.63, 3.8) is 0 Å². The number of hydrogen-bond acceptors (Lipinski definition) is 2. The summed E-state index contributed by atoms with van der Waals surface area (Å²) in [6, 6.07) is 2.16. The first-order chi connectivity index (χ1) is 7.65. The summed E-state index contributed by atoms with van der Waals surface area (Å²) in [5.74, 6) is -0.205. The highest BCUT2D eigenvalue weighted by atomic mass is 16.5. The van der Waals surface area contributed by atoms with Crippen LogP contribution >= 0.6 is 0 Å². The van der Waals surface area contributed by atoms with E-state index in [-0.39, 0.29) is 5.97 Å². The van der Waals surface area contributed by atoms with Crippen LogP contribution in [0.25, 0.3) is 0 Å². The second-order valence-electron chi connectivity index (χ2n) is 4.53. The van der Waals surface area contributed by atoms with E-state index in [1.54, 1.807) is 0 Å². The lowest BCUT2D eigenvalue weighted by Gasteiger charge is -2.21. The number of esters is 1. The van der Waals surface area contributed by atoms with Gasteiger partial charge in [-0.3, -0.25) is 0 Å². The largest absolute Gasteiger partial charge is 0.465 e. The van der Waals surface area contributed by atoms with Crippen LogP contribution in [0, 0.1) is 13.8 Å². The highest BCUT2D eigenvalue weighted by Gasteiger charge is 2.20. The normalized spacial score (nSPS) is 14.4. The lowest BCUT2D eigenvalue weighted by molar-refractivity contribution is 0.0599. The molecular formula is C14H18O2. The molecule has 0 amide bonds. The van der Waals surface area contributed by atoms with Crippen LogP contribution in [0.4, 0.5) is 0 Å². The van der Waals surface area contributed by atoms with Gasteiger partial charge in [0.2, 0.25) is 0 Å². The third-order valence-corrected chi connectivity index (χ3v) is 3.51. The first-order valence-corrected chi connectivity index (χ1v) is 5.85. The smallest absolute Gasteiger partial charge is 0.338 e. The minimum Gasteiger partial charge on any atom is -0.465 e. The summed E-state index contributed by atoms with van der Waals surface area (Å²) in [7, 11) is 1.45. The van der Waals surface area contributed by atoms with E-state index >= 15 is 0 Å². The molecule has 0 heterocycles. The monoisotopic (exact) mass is 218 g/mol. The first-order valence-electron chi connectivity index (χ1n) is 5.85. The summed E-state index contributed by atoms with van der Waals surface area (Å²) in [6.45, 7) is 4.04. The number of rotatable bonds is 1. The number of aryl methyl sites for hydroxylation is 2. The van der Waals surface area contributed by atoms with Gasteiger partial charge >= 0.3 is 5.97 Å². The van der Waals surface area contributed by atoms with Gasteiger partial charge in [-0.25, -0.2) is 4.79 Å². The zero-order valence-electron chi connectivity index (χ0n) is 10.2. The van der Waals surface area contributed by atoms with Gasteiger partial charge in [0.1, 0.15) is 0 Å². The molecule has 0 aliphatic heterocycles. The average molecular weight is 218 g/mol. The Hall–Kier alpha value is -1.31. The number of ether oxygens (including phenoxy) is 1. The fourth-order valence-electron chi connectivity index (χ4n) is 2.71. The van der Waals surface area contributed by atoms with Crippen LogP contribution in [0.5, 0.6) is 0 Å². The zero-order chi connectivity index (χ0) is 11.7. The molecule has 2 rings (SSSR count). The number of benzene rings is 1. The van der Waals surface area contributed by atoms with Crippen molar-refractivity contribution >= 4 is 5.97 Å². The summed E-state index contributed by atoms with van der Waals surface area (Å²) < 4.78 is 4.85. The van der Waals surface area contributed by atoms with E-state index in [2.05, 4.69) is 6.07 Å². The molecule has 0 saturated heterocycles. The van der Waals surface area contributed by atoms with Gasteiger partial charge in [-0.2, -0.15) is 0 Å². The van der Waals surface area contributed by atoms with Crippen molar-refractivity contribution in [1.29, 1.82) is 0 Å². The fourth-order valence-corrected chi connectivity index (χ4v) is 2.71. The molecular weight excluding hydrogens is 200 g/mol. The third-order valence-electron chi connectivity index (χ3n) is 3.51. The van der Waals surface area contributed by atoms with Crippen molar-refractivity contribution in [2.45, 2.75) is 39.5 Å². The maximum atomic E-state index is 11.7. The lowest BCUT2D eigenvalue weighted by Crippen LogP contribution is -2.13. The van der Waals surface area contributed by atoms with Gasteiger partial charge in [-0.1, -0.05) is 6.07 Å². The SMILES string of the molecule is COC(=O)c1c(C)cc2c(c1C)CCCC2. The Balaban J connectivity index is 2.58. The molecule has 1 aliphatic carbocycles. The molecule has 0 spiro atoms. The van der Waals surface area contributed by atoms with Gasteiger partial charge in [0.15, 0.2) is 0 Å². The number of hydrogen-bond donors (Lipinski definition) is 0. The molecule has 2 nitrogen and oxygen atoms in total. The number of methoxy groups -OCH3 is 1. The Kier molecular flexibility index (Phi) is 2.99. The maximum absolute atomic E-state index is 11.7. The second-order valence-corrected chi connectivity index (χ2v) is 4.53. The van der Waals surface area contributed by atoms with E-state index < -0.39 is 0 Å². The predicted octanol–water partition coefficient (Wildman–Crippen LogP) is 2.97. The van der Waals surface area contributed by atoms with Crippen molar-refractivity contribution in [2.24, 2.45) is 0 Å². The number of carbonyl (C=O) groups excluding carboxylic acids is 1. The van der Waals surface area contributed by atoms with Crippen molar-refractivity contribution in [2.75, 3.05) is 7.11 Å². The Bertz CT molecular complexity index is 433. The van der Waals surface area contributed by atoms with Crippen LogP contribution < -0.4 is 0 Å². The summed E-state index contributed by atoms with van der Waals surface area (Å²) in [5.41, 5.74) is 5.74. The highest BCUT2D eigenvalue weighted by molar-refractivity contribution is 5.93. The number of fused-ring (bicyclic) bond motifs is 1. The molecule has 0 aromatic heterocycles. The minimum atomic E-state index is -0.205. The molecule has 0 fully saturated rings. The molecule has 1 aromatic rings. The first kappa shape index (κ1) is 11.2. The Morgan fingerprint density at radius 3 is 2.62 bits per heavy atom. The van der Waals surface area contributed by atoms with E-state index in [1.807, 2.05) is 13.8 Å². The molecule has 0 N–H and O–H groups in total. The van der Waals surface area contributed by atoms with Crippen LogP contribution in [0.3, 0.4) is 0 Å². The molecule has 0 saturated carbocycles. The molecule has 1 aliphatic rings. The molecule has 0 atom stereocenters. The van der Waals surface area contributed by atoms with Gasteiger partial charge in [0, 0.05) is 0 Å². The Labute approximate surface area is 96.6 Å². The van der Waals surface area contributed by atoms with Crippen molar-refractivity contribution < 1.29 is 9.53 Å². The summed E-state index contributed by atoms with van der Waals surface area (Å²) in [4.78, 5) is 11.7. The molecule has 0 bridgehead atoms. The second kappa shape index (κ2) is 4.28. The van der Waals surface area contributed by atoms with E-state index in [0.29, 0.717) is 0 Å². The van der Waals surface area contributed by atoms with E-state index in [4.69, 9.17) is 4.74 Å². The van der Waals surface area contributed by atoms with E-state index in [0.717, 1.165) is 29.5 Å². The van der Waals surface area contributed by atoms with Gasteiger partial charge < -0.3 is 4.74 Å². The summed E-state index contributed by atoms with van der Waals surface area (Å²) in [5, 5.41) is 0. The van der Waals surface area contributed by atoms with Crippen molar-refractivity contribution in [3.05, 3.63) is 33.9 Å². The standard InChI is InChI=1S/C14H18O2/c1-9-8-11-6-4-5-7-12(11)10(2)13(9)14(15)16-3/h8H,4-7H2,1-3H3. The van der Waals surface area contributed by atoms with Crippen LogP contribution in [0.2, 0.25) is 0 Å². The third kappa shape index (κ3) is 1.73. The molecule has 0 radical (unpaired) electrons. The lowest BCUT2D eigenvalue weighted by atomic mass is 9.84. The Morgan fingerprint density at radius 1 is 1.25 bits per heavy atom. The summed E-state index contributed by atoms with van der Waals surface area (Å²) >= 11 is 0. The quantitative estimate of drug-likeness (QED) is 0.677. The maximum Gasteiger partial charge on any atom is 0.338 e.